The predicted molar refractivity (Wildman–Crippen MR) is 52.0 cm³/mol. The maximum absolute atomic E-state index is 5.31. The number of hydrogen-bond donors (Lipinski definition) is 0. The molecule has 0 N–H and O–H groups in total. The number of piperazine rings is 1. The normalized spacial score (nSPS) is 33.2. The molecular weight excluding hydrogens is 148 g/mol. The summed E-state index contributed by atoms with van der Waals surface area (Å²) in [4.78, 5) is 4.75. The molecule has 0 saturated carbocycles. The summed E-state index contributed by atoms with van der Waals surface area (Å²) in [5, 5.41) is 0. The van der Waals surface area contributed by atoms with Crippen LogP contribution in [0.3, 0.4) is 0 Å². The van der Waals surface area contributed by atoms with Gasteiger partial charge in [-0.15, -0.1) is 6.42 Å². The van der Waals surface area contributed by atoms with Crippen molar-refractivity contribution < 1.29 is 0 Å². The van der Waals surface area contributed by atoms with E-state index in [9.17, 15) is 0 Å². The van der Waals surface area contributed by atoms with Crippen molar-refractivity contribution in [3.63, 3.8) is 0 Å². The Morgan fingerprint density at radius 1 is 1.33 bits per heavy atom. The first-order valence-corrected chi connectivity index (χ1v) is 4.53. The van der Waals surface area contributed by atoms with Crippen molar-refractivity contribution in [3.05, 3.63) is 0 Å². The zero-order valence-electron chi connectivity index (χ0n) is 8.25. The first-order chi connectivity index (χ1) is 5.65. The van der Waals surface area contributed by atoms with Gasteiger partial charge in [0.25, 0.3) is 0 Å². The van der Waals surface area contributed by atoms with Gasteiger partial charge in [-0.1, -0.05) is 5.92 Å². The summed E-state index contributed by atoms with van der Waals surface area (Å²) in [6, 6.07) is 1.18. The summed E-state index contributed by atoms with van der Waals surface area (Å²) < 4.78 is 0. The third-order valence-corrected chi connectivity index (χ3v) is 2.56. The number of terminal acetylenes is 1. The van der Waals surface area contributed by atoms with Crippen LogP contribution in [0, 0.1) is 12.3 Å². The summed E-state index contributed by atoms with van der Waals surface area (Å²) in [5.41, 5.74) is 0. The van der Waals surface area contributed by atoms with Gasteiger partial charge in [0.1, 0.15) is 0 Å². The molecule has 0 spiro atoms. The van der Waals surface area contributed by atoms with Crippen LogP contribution in [0.4, 0.5) is 0 Å². The van der Waals surface area contributed by atoms with Crippen molar-refractivity contribution in [1.82, 2.24) is 9.80 Å². The lowest BCUT2D eigenvalue weighted by Crippen LogP contribution is -2.55. The zero-order chi connectivity index (χ0) is 9.14. The van der Waals surface area contributed by atoms with Gasteiger partial charge in [0.15, 0.2) is 0 Å². The molecule has 0 unspecified atom stereocenters. The first-order valence-electron chi connectivity index (χ1n) is 4.53. The second kappa shape index (κ2) is 3.93. The average molecular weight is 166 g/mol. The number of rotatable bonds is 1. The lowest BCUT2D eigenvalue weighted by Gasteiger charge is -2.42. The quantitative estimate of drug-likeness (QED) is 0.528. The fraction of sp³-hybridized carbons (Fsp3) is 0.800. The van der Waals surface area contributed by atoms with Gasteiger partial charge in [-0.05, 0) is 20.9 Å². The van der Waals surface area contributed by atoms with Crippen LogP contribution in [0.1, 0.15) is 13.8 Å². The smallest absolute Gasteiger partial charge is 0.0604 e. The van der Waals surface area contributed by atoms with Gasteiger partial charge >= 0.3 is 0 Å². The molecule has 0 aromatic carbocycles. The Morgan fingerprint density at radius 2 is 1.83 bits per heavy atom. The Bertz CT molecular complexity index is 171. The Balaban J connectivity index is 2.55. The van der Waals surface area contributed by atoms with Crippen molar-refractivity contribution in [2.24, 2.45) is 0 Å². The van der Waals surface area contributed by atoms with E-state index in [2.05, 4.69) is 36.6 Å². The Morgan fingerprint density at radius 3 is 2.25 bits per heavy atom. The van der Waals surface area contributed by atoms with E-state index in [0.29, 0.717) is 12.1 Å². The minimum atomic E-state index is 0.592. The highest BCUT2D eigenvalue weighted by atomic mass is 15.3. The highest BCUT2D eigenvalue weighted by molar-refractivity contribution is 4.94. The molecule has 0 aromatic heterocycles. The topological polar surface area (TPSA) is 6.48 Å². The molecular formula is C10H18N2. The molecule has 68 valence electrons. The summed E-state index contributed by atoms with van der Waals surface area (Å²) >= 11 is 0. The molecule has 0 aliphatic carbocycles. The number of likely N-dealkylation sites (N-methyl/N-ethyl adjacent to an activating group) is 1. The summed E-state index contributed by atoms with van der Waals surface area (Å²) in [6.07, 6.45) is 5.31. The molecule has 0 bridgehead atoms. The van der Waals surface area contributed by atoms with E-state index >= 15 is 0 Å². The van der Waals surface area contributed by atoms with E-state index in [1.165, 1.54) is 0 Å². The first kappa shape index (κ1) is 9.57. The molecule has 1 saturated heterocycles. The van der Waals surface area contributed by atoms with E-state index < -0.39 is 0 Å². The van der Waals surface area contributed by atoms with E-state index in [1.807, 2.05) is 0 Å². The largest absolute Gasteiger partial charge is 0.303 e. The van der Waals surface area contributed by atoms with Crippen LogP contribution in [0.5, 0.6) is 0 Å². The van der Waals surface area contributed by atoms with Crippen molar-refractivity contribution in [3.8, 4) is 12.3 Å². The minimum Gasteiger partial charge on any atom is -0.303 e. The Labute approximate surface area is 75.5 Å². The fourth-order valence-corrected chi connectivity index (χ4v) is 2.04. The second-order valence-electron chi connectivity index (χ2n) is 3.80. The lowest BCUT2D eigenvalue weighted by atomic mass is 10.1. The molecule has 0 amide bonds. The van der Waals surface area contributed by atoms with Crippen molar-refractivity contribution in [1.29, 1.82) is 0 Å². The van der Waals surface area contributed by atoms with E-state index in [4.69, 9.17) is 6.42 Å². The average Bonchev–Trinajstić information content (AvgIpc) is 1.96. The maximum Gasteiger partial charge on any atom is 0.0604 e. The molecule has 0 radical (unpaired) electrons. The third-order valence-electron chi connectivity index (χ3n) is 2.56. The molecule has 1 rings (SSSR count). The van der Waals surface area contributed by atoms with Crippen molar-refractivity contribution in [2.45, 2.75) is 25.9 Å². The van der Waals surface area contributed by atoms with Gasteiger partial charge in [-0.3, -0.25) is 4.90 Å². The molecule has 2 heteroatoms. The third kappa shape index (κ3) is 2.00. The van der Waals surface area contributed by atoms with Crippen LogP contribution >= 0.6 is 0 Å². The number of nitrogens with zero attached hydrogens (tertiary/aromatic N) is 2. The SMILES string of the molecule is C#CCN1[C@H](C)CN(C)C[C@@H]1C. The standard InChI is InChI=1S/C10H18N2/c1-5-6-12-9(2)7-11(4)8-10(12)3/h1,9-10H,6-8H2,2-4H3/t9-,10+. The van der Waals surface area contributed by atoms with Crippen LogP contribution in [-0.2, 0) is 0 Å². The molecule has 1 aliphatic rings. The number of hydrogen-bond acceptors (Lipinski definition) is 2. The van der Waals surface area contributed by atoms with Gasteiger partial charge in [-0.2, -0.15) is 0 Å². The fourth-order valence-electron chi connectivity index (χ4n) is 2.04. The Kier molecular flexibility index (Phi) is 3.13. The molecule has 0 aromatic rings. The van der Waals surface area contributed by atoms with E-state index in [0.717, 1.165) is 19.6 Å². The molecule has 1 fully saturated rings. The molecule has 2 atom stereocenters. The van der Waals surface area contributed by atoms with Gasteiger partial charge < -0.3 is 4.90 Å². The monoisotopic (exact) mass is 166 g/mol. The maximum atomic E-state index is 5.31. The highest BCUT2D eigenvalue weighted by Crippen LogP contribution is 2.12. The van der Waals surface area contributed by atoms with Crippen molar-refractivity contribution >= 4 is 0 Å². The van der Waals surface area contributed by atoms with Crippen LogP contribution in [0.25, 0.3) is 0 Å². The van der Waals surface area contributed by atoms with Crippen LogP contribution in [0.2, 0.25) is 0 Å². The second-order valence-corrected chi connectivity index (χ2v) is 3.80. The highest BCUT2D eigenvalue weighted by Gasteiger charge is 2.26. The zero-order valence-corrected chi connectivity index (χ0v) is 8.25. The molecule has 1 heterocycles. The van der Waals surface area contributed by atoms with Gasteiger partial charge in [0, 0.05) is 25.2 Å². The van der Waals surface area contributed by atoms with E-state index in [-0.39, 0.29) is 0 Å². The summed E-state index contributed by atoms with van der Waals surface area (Å²) in [6.45, 7) is 7.53. The van der Waals surface area contributed by atoms with Gasteiger partial charge in [0.05, 0.1) is 6.54 Å². The predicted octanol–water partition coefficient (Wildman–Crippen LogP) is 0.644. The van der Waals surface area contributed by atoms with Gasteiger partial charge in [0.2, 0.25) is 0 Å². The van der Waals surface area contributed by atoms with Crippen LogP contribution in [-0.4, -0.2) is 48.6 Å². The molecule has 12 heavy (non-hydrogen) atoms. The van der Waals surface area contributed by atoms with Gasteiger partial charge in [-0.25, -0.2) is 0 Å². The van der Waals surface area contributed by atoms with Crippen molar-refractivity contribution in [2.75, 3.05) is 26.7 Å². The van der Waals surface area contributed by atoms with Crippen LogP contribution < -0.4 is 0 Å². The molecule has 2 nitrogen and oxygen atoms in total. The minimum absolute atomic E-state index is 0.592. The molecule has 1 aliphatic heterocycles. The van der Waals surface area contributed by atoms with Crippen LogP contribution in [0.15, 0.2) is 0 Å². The van der Waals surface area contributed by atoms with E-state index in [1.54, 1.807) is 0 Å². The Hall–Kier alpha value is -0.520. The lowest BCUT2D eigenvalue weighted by molar-refractivity contribution is 0.0646. The summed E-state index contributed by atoms with van der Waals surface area (Å²) in [7, 11) is 2.17. The summed E-state index contributed by atoms with van der Waals surface area (Å²) in [5.74, 6) is 2.72.